The summed E-state index contributed by atoms with van der Waals surface area (Å²) < 4.78 is 0. The van der Waals surface area contributed by atoms with E-state index in [1.807, 2.05) is 24.5 Å². The van der Waals surface area contributed by atoms with Gasteiger partial charge in [-0.2, -0.15) is 0 Å². The zero-order chi connectivity index (χ0) is 10.5. The lowest BCUT2D eigenvalue weighted by molar-refractivity contribution is 1.23. The topological polar surface area (TPSA) is 31.6 Å². The van der Waals surface area contributed by atoms with Crippen LogP contribution in [0.4, 0.5) is 0 Å². The zero-order valence-corrected chi connectivity index (χ0v) is 9.67. The van der Waals surface area contributed by atoms with E-state index in [2.05, 4.69) is 40.9 Å². The average molecular weight is 218 g/mol. The van der Waals surface area contributed by atoms with E-state index in [1.165, 1.54) is 10.9 Å². The van der Waals surface area contributed by atoms with E-state index in [4.69, 9.17) is 0 Å². The zero-order valence-electron chi connectivity index (χ0n) is 8.77. The molecule has 0 aromatic carbocycles. The Balaban J connectivity index is 2.29. The Morgan fingerprint density at radius 2 is 1.73 bits per heavy atom. The molecule has 0 bridgehead atoms. The number of hydrogen-bond acceptors (Lipinski definition) is 0. The van der Waals surface area contributed by atoms with Gasteiger partial charge >= 0.3 is 0 Å². The molecule has 0 aliphatic carbocycles. The van der Waals surface area contributed by atoms with Crippen molar-refractivity contribution in [2.45, 2.75) is 13.3 Å². The van der Waals surface area contributed by atoms with Crippen LogP contribution in [-0.2, 0) is 0 Å². The lowest BCUT2D eigenvalue weighted by Crippen LogP contribution is -2.11. The summed E-state index contributed by atoms with van der Waals surface area (Å²) in [5.74, 6) is 2.30. The lowest BCUT2D eigenvalue weighted by atomic mass is 10.5. The van der Waals surface area contributed by atoms with Gasteiger partial charge in [-0.15, -0.1) is 0 Å². The van der Waals surface area contributed by atoms with Gasteiger partial charge in [0, 0.05) is 31.2 Å². The molecule has 0 amide bonds. The summed E-state index contributed by atoms with van der Waals surface area (Å²) >= 11 is 0. The molecule has 0 aliphatic heterocycles. The van der Waals surface area contributed by atoms with Gasteiger partial charge in [-0.1, -0.05) is 18.8 Å². The molecule has 0 unspecified atom stereocenters. The normalized spacial score (nSPS) is 11.6. The third kappa shape index (κ3) is 2.40. The van der Waals surface area contributed by atoms with Gasteiger partial charge < -0.3 is 9.97 Å². The highest BCUT2D eigenvalue weighted by atomic mass is 31.1. The smallest absolute Gasteiger partial charge is 0.0484 e. The van der Waals surface area contributed by atoms with Gasteiger partial charge in [-0.25, -0.2) is 0 Å². The van der Waals surface area contributed by atoms with Crippen LogP contribution in [0.3, 0.4) is 0 Å². The monoisotopic (exact) mass is 218 g/mol. The summed E-state index contributed by atoms with van der Waals surface area (Å²) in [6, 6.07) is 8.39. The molecule has 2 heterocycles. The number of H-pyrrole nitrogens is 2. The largest absolute Gasteiger partial charge is 0.361 e. The van der Waals surface area contributed by atoms with Crippen molar-refractivity contribution in [3.05, 3.63) is 48.6 Å². The molecular formula is C12H15N2P. The molecular weight excluding hydrogens is 203 g/mol. The Labute approximate surface area is 91.2 Å². The minimum Gasteiger partial charge on any atom is -0.361 e. The van der Waals surface area contributed by atoms with Crippen molar-refractivity contribution in [1.29, 1.82) is 0 Å². The molecule has 0 spiro atoms. The van der Waals surface area contributed by atoms with Gasteiger partial charge in [0.05, 0.1) is 0 Å². The van der Waals surface area contributed by atoms with Gasteiger partial charge in [0.25, 0.3) is 0 Å². The second kappa shape index (κ2) is 4.99. The van der Waals surface area contributed by atoms with E-state index in [9.17, 15) is 0 Å². The average Bonchev–Trinajstić information content (AvgIpc) is 2.90. The molecule has 15 heavy (non-hydrogen) atoms. The van der Waals surface area contributed by atoms with Crippen molar-refractivity contribution >= 4 is 18.8 Å². The number of hydrogen-bond donors (Lipinski definition) is 2. The molecule has 0 atom stereocenters. The second-order valence-electron chi connectivity index (χ2n) is 3.27. The van der Waals surface area contributed by atoms with Crippen molar-refractivity contribution in [3.63, 3.8) is 0 Å². The molecule has 0 saturated heterocycles. The fraction of sp³-hybridized carbons (Fsp3) is 0.167. The van der Waals surface area contributed by atoms with Crippen molar-refractivity contribution in [2.75, 3.05) is 0 Å². The maximum Gasteiger partial charge on any atom is 0.0484 e. The van der Waals surface area contributed by atoms with E-state index in [0.717, 1.165) is 6.42 Å². The van der Waals surface area contributed by atoms with Crippen LogP contribution in [0, 0.1) is 0 Å². The van der Waals surface area contributed by atoms with Gasteiger partial charge in [0.1, 0.15) is 0 Å². The van der Waals surface area contributed by atoms with Gasteiger partial charge in [0.15, 0.2) is 0 Å². The van der Waals surface area contributed by atoms with E-state index < -0.39 is 0 Å². The van der Waals surface area contributed by atoms with E-state index in [0.29, 0.717) is 0 Å². The highest BCUT2D eigenvalue weighted by Crippen LogP contribution is 2.33. The molecule has 0 radical (unpaired) electrons. The highest BCUT2D eigenvalue weighted by Gasteiger charge is 2.11. The third-order valence-electron chi connectivity index (χ3n) is 2.17. The fourth-order valence-corrected chi connectivity index (χ4v) is 3.37. The molecule has 0 aliphatic rings. The Morgan fingerprint density at radius 3 is 2.13 bits per heavy atom. The number of aromatic amines is 2. The van der Waals surface area contributed by atoms with E-state index in [1.54, 1.807) is 0 Å². The molecule has 2 nitrogen and oxygen atoms in total. The van der Waals surface area contributed by atoms with Crippen LogP contribution in [0.1, 0.15) is 13.3 Å². The summed E-state index contributed by atoms with van der Waals surface area (Å²) in [6.45, 7) is 2.16. The predicted octanol–water partition coefficient (Wildman–Crippen LogP) is 2.70. The number of aromatic nitrogens is 2. The first-order chi connectivity index (χ1) is 7.42. The van der Waals surface area contributed by atoms with Crippen LogP contribution in [0.5, 0.6) is 0 Å². The first-order valence-electron chi connectivity index (χ1n) is 5.14. The number of nitrogens with one attached hydrogen (secondary N) is 2. The molecule has 2 N–H and O–H groups in total. The first-order valence-corrected chi connectivity index (χ1v) is 6.55. The summed E-state index contributed by atoms with van der Waals surface area (Å²) in [5.41, 5.74) is 2.58. The Bertz CT molecular complexity index is 367. The fourth-order valence-electron chi connectivity index (χ4n) is 1.44. The third-order valence-corrected chi connectivity index (χ3v) is 4.28. The van der Waals surface area contributed by atoms with Crippen molar-refractivity contribution in [1.82, 2.24) is 9.97 Å². The van der Waals surface area contributed by atoms with Crippen LogP contribution in [0.25, 0.3) is 0 Å². The molecule has 2 rings (SSSR count). The SMILES string of the molecule is CCC=CP(c1ccc[nH]1)c1ccc[nH]1. The minimum absolute atomic E-state index is 0.374. The summed E-state index contributed by atoms with van der Waals surface area (Å²) in [4.78, 5) is 6.58. The van der Waals surface area contributed by atoms with Crippen molar-refractivity contribution < 1.29 is 0 Å². The highest BCUT2D eigenvalue weighted by molar-refractivity contribution is 7.75. The van der Waals surface area contributed by atoms with Crippen LogP contribution < -0.4 is 10.9 Å². The van der Waals surface area contributed by atoms with Crippen LogP contribution in [0.15, 0.2) is 48.6 Å². The molecule has 0 saturated carbocycles. The Hall–Kier alpha value is -1.27. The molecule has 78 valence electrons. The standard InChI is InChI=1S/C12H15N2P/c1-2-3-10-15(11-6-4-8-13-11)12-7-5-9-14-12/h3-10,13-14H,2H2,1H3. The molecule has 2 aromatic heterocycles. The first kappa shape index (κ1) is 10.3. The van der Waals surface area contributed by atoms with Crippen LogP contribution in [-0.4, -0.2) is 9.97 Å². The van der Waals surface area contributed by atoms with Crippen LogP contribution in [0.2, 0.25) is 0 Å². The molecule has 2 aromatic rings. The maximum atomic E-state index is 3.29. The number of allylic oxidation sites excluding steroid dienone is 1. The minimum atomic E-state index is -0.374. The molecule has 3 heteroatoms. The maximum absolute atomic E-state index is 3.29. The lowest BCUT2D eigenvalue weighted by Gasteiger charge is -2.09. The summed E-state index contributed by atoms with van der Waals surface area (Å²) in [6.07, 6.45) is 7.27. The van der Waals surface area contributed by atoms with Crippen LogP contribution >= 0.6 is 7.92 Å². The van der Waals surface area contributed by atoms with Gasteiger partial charge in [-0.3, -0.25) is 0 Å². The van der Waals surface area contributed by atoms with Gasteiger partial charge in [0.2, 0.25) is 0 Å². The Morgan fingerprint density at radius 1 is 1.13 bits per heavy atom. The summed E-state index contributed by atoms with van der Waals surface area (Å²) in [5, 5.41) is 0. The van der Waals surface area contributed by atoms with Crippen molar-refractivity contribution in [2.24, 2.45) is 0 Å². The van der Waals surface area contributed by atoms with E-state index in [-0.39, 0.29) is 7.92 Å². The second-order valence-corrected chi connectivity index (χ2v) is 5.28. The Kier molecular flexibility index (Phi) is 3.41. The van der Waals surface area contributed by atoms with Crippen molar-refractivity contribution in [3.8, 4) is 0 Å². The molecule has 0 fully saturated rings. The quantitative estimate of drug-likeness (QED) is 0.739. The summed E-state index contributed by atoms with van der Waals surface area (Å²) in [7, 11) is -0.374. The number of rotatable bonds is 4. The predicted molar refractivity (Wildman–Crippen MR) is 67.2 cm³/mol. The van der Waals surface area contributed by atoms with Gasteiger partial charge in [-0.05, 0) is 30.7 Å². The van der Waals surface area contributed by atoms with E-state index >= 15 is 0 Å².